The minimum Gasteiger partial charge on any atom is -0.496 e. The molecule has 0 aliphatic rings. The first kappa shape index (κ1) is 12.9. The monoisotopic (exact) mass is 285 g/mol. The molecule has 3 aromatic rings. The van der Waals surface area contributed by atoms with E-state index in [9.17, 15) is 0 Å². The van der Waals surface area contributed by atoms with Crippen LogP contribution >= 0.6 is 11.3 Å². The van der Waals surface area contributed by atoms with Crippen LogP contribution in [0, 0.1) is 6.92 Å². The van der Waals surface area contributed by atoms with Crippen LogP contribution in [0.25, 0.3) is 21.6 Å². The van der Waals surface area contributed by atoms with Gasteiger partial charge in [-0.15, -0.1) is 11.3 Å². The lowest BCUT2D eigenvalue weighted by Gasteiger charge is -2.08. The largest absolute Gasteiger partial charge is 0.496 e. The maximum absolute atomic E-state index is 5.22. The van der Waals surface area contributed by atoms with Crippen molar-refractivity contribution in [1.29, 1.82) is 0 Å². The van der Waals surface area contributed by atoms with Crippen LogP contribution in [0.15, 0.2) is 29.6 Å². The van der Waals surface area contributed by atoms with E-state index in [1.165, 1.54) is 0 Å². The standard InChI is InChI=1S/C15H15N3OS/c1-9-5-4-6-11-13(9)17-15(18-14(11)16-2)12-7-10(19-3)8-20-12/h4-8H,1-3H3,(H,16,17,18). The van der Waals surface area contributed by atoms with E-state index < -0.39 is 0 Å². The topological polar surface area (TPSA) is 47.0 Å². The maximum atomic E-state index is 5.22. The van der Waals surface area contributed by atoms with E-state index in [2.05, 4.69) is 23.3 Å². The van der Waals surface area contributed by atoms with E-state index in [0.29, 0.717) is 0 Å². The summed E-state index contributed by atoms with van der Waals surface area (Å²) >= 11 is 1.58. The predicted molar refractivity (Wildman–Crippen MR) is 83.7 cm³/mol. The van der Waals surface area contributed by atoms with E-state index in [1.54, 1.807) is 18.4 Å². The average molecular weight is 285 g/mol. The van der Waals surface area contributed by atoms with Gasteiger partial charge in [0, 0.05) is 23.9 Å². The molecule has 1 N–H and O–H groups in total. The molecule has 0 saturated carbocycles. The van der Waals surface area contributed by atoms with Crippen molar-refractivity contribution in [2.75, 3.05) is 19.5 Å². The number of hydrogen-bond acceptors (Lipinski definition) is 5. The molecule has 0 unspecified atom stereocenters. The molecule has 20 heavy (non-hydrogen) atoms. The third kappa shape index (κ3) is 2.10. The van der Waals surface area contributed by atoms with Crippen LogP contribution < -0.4 is 10.1 Å². The number of hydrogen-bond donors (Lipinski definition) is 1. The van der Waals surface area contributed by atoms with Crippen molar-refractivity contribution < 1.29 is 4.74 Å². The van der Waals surface area contributed by atoms with Gasteiger partial charge in [0.1, 0.15) is 11.6 Å². The van der Waals surface area contributed by atoms with Gasteiger partial charge in [-0.3, -0.25) is 0 Å². The van der Waals surface area contributed by atoms with Crippen LogP contribution in [0.4, 0.5) is 5.82 Å². The zero-order valence-electron chi connectivity index (χ0n) is 11.6. The quantitative estimate of drug-likeness (QED) is 0.796. The Morgan fingerprint density at radius 1 is 1.25 bits per heavy atom. The summed E-state index contributed by atoms with van der Waals surface area (Å²) in [6, 6.07) is 8.08. The summed E-state index contributed by atoms with van der Waals surface area (Å²) in [6.45, 7) is 2.06. The molecule has 0 saturated heterocycles. The van der Waals surface area contributed by atoms with Crippen LogP contribution in [-0.4, -0.2) is 24.1 Å². The Morgan fingerprint density at radius 3 is 2.80 bits per heavy atom. The fourth-order valence-electron chi connectivity index (χ4n) is 2.14. The zero-order chi connectivity index (χ0) is 14.1. The molecule has 2 aromatic heterocycles. The van der Waals surface area contributed by atoms with Crippen molar-refractivity contribution in [2.24, 2.45) is 0 Å². The Hall–Kier alpha value is -2.14. The first-order chi connectivity index (χ1) is 9.72. The zero-order valence-corrected chi connectivity index (χ0v) is 12.4. The van der Waals surface area contributed by atoms with Gasteiger partial charge < -0.3 is 10.1 Å². The van der Waals surface area contributed by atoms with Gasteiger partial charge in [0.2, 0.25) is 0 Å². The van der Waals surface area contributed by atoms with Gasteiger partial charge in [-0.25, -0.2) is 9.97 Å². The average Bonchev–Trinajstić information content (AvgIpc) is 2.96. The highest BCUT2D eigenvalue weighted by atomic mass is 32.1. The second-order valence-corrected chi connectivity index (χ2v) is 5.38. The van der Waals surface area contributed by atoms with E-state index in [-0.39, 0.29) is 0 Å². The van der Waals surface area contributed by atoms with E-state index in [1.807, 2.05) is 30.6 Å². The number of nitrogens with one attached hydrogen (secondary N) is 1. The molecule has 0 aliphatic carbocycles. The first-order valence-electron chi connectivity index (χ1n) is 6.31. The molecular weight excluding hydrogens is 270 g/mol. The fourth-order valence-corrected chi connectivity index (χ4v) is 2.93. The molecule has 2 heterocycles. The van der Waals surface area contributed by atoms with Crippen LogP contribution in [0.5, 0.6) is 5.75 Å². The third-order valence-electron chi connectivity index (χ3n) is 3.20. The Kier molecular flexibility index (Phi) is 3.28. The maximum Gasteiger partial charge on any atom is 0.172 e. The molecule has 0 radical (unpaired) electrons. The number of nitrogens with zero attached hydrogens (tertiary/aromatic N) is 2. The van der Waals surface area contributed by atoms with E-state index in [4.69, 9.17) is 9.72 Å². The SMILES string of the molecule is CNc1nc(-c2cc(OC)cs2)nc2c(C)cccc12. The normalized spacial score (nSPS) is 10.8. The van der Waals surface area contributed by atoms with E-state index >= 15 is 0 Å². The summed E-state index contributed by atoms with van der Waals surface area (Å²) < 4.78 is 5.22. The van der Waals surface area contributed by atoms with Crippen molar-refractivity contribution in [2.45, 2.75) is 6.92 Å². The molecule has 1 aromatic carbocycles. The van der Waals surface area contributed by atoms with Crippen LogP contribution in [0.2, 0.25) is 0 Å². The third-order valence-corrected chi connectivity index (χ3v) is 4.10. The molecule has 3 rings (SSSR count). The van der Waals surface area contributed by atoms with Crippen LogP contribution in [0.3, 0.4) is 0 Å². The summed E-state index contributed by atoms with van der Waals surface area (Å²) in [5.74, 6) is 2.41. The van der Waals surface area contributed by atoms with Gasteiger partial charge in [-0.1, -0.05) is 12.1 Å². The Labute approximate surface area is 121 Å². The predicted octanol–water partition coefficient (Wildman–Crippen LogP) is 3.72. The molecule has 0 spiro atoms. The number of thiophene rings is 1. The van der Waals surface area contributed by atoms with Crippen molar-refractivity contribution >= 4 is 28.1 Å². The first-order valence-corrected chi connectivity index (χ1v) is 7.19. The van der Waals surface area contributed by atoms with E-state index in [0.717, 1.165) is 38.7 Å². The molecule has 0 bridgehead atoms. The molecule has 0 amide bonds. The highest BCUT2D eigenvalue weighted by Gasteiger charge is 2.11. The van der Waals surface area contributed by atoms with Crippen LogP contribution in [0.1, 0.15) is 5.56 Å². The molecule has 4 nitrogen and oxygen atoms in total. The van der Waals surface area contributed by atoms with Crippen molar-refractivity contribution in [3.63, 3.8) is 0 Å². The minimum atomic E-state index is 0.726. The number of aromatic nitrogens is 2. The van der Waals surface area contributed by atoms with Gasteiger partial charge in [-0.2, -0.15) is 0 Å². The summed E-state index contributed by atoms with van der Waals surface area (Å²) in [5, 5.41) is 6.15. The van der Waals surface area contributed by atoms with Crippen molar-refractivity contribution in [3.8, 4) is 16.5 Å². The van der Waals surface area contributed by atoms with Crippen LogP contribution in [-0.2, 0) is 0 Å². The lowest BCUT2D eigenvalue weighted by atomic mass is 10.1. The number of rotatable bonds is 3. The van der Waals surface area contributed by atoms with Gasteiger partial charge in [0.25, 0.3) is 0 Å². The van der Waals surface area contributed by atoms with Gasteiger partial charge in [0.15, 0.2) is 5.82 Å². The number of aryl methyl sites for hydroxylation is 1. The van der Waals surface area contributed by atoms with Crippen molar-refractivity contribution in [3.05, 3.63) is 35.2 Å². The van der Waals surface area contributed by atoms with Gasteiger partial charge in [-0.05, 0) is 18.6 Å². The second kappa shape index (κ2) is 5.09. The number of ether oxygens (including phenoxy) is 1. The number of fused-ring (bicyclic) bond motifs is 1. The number of methoxy groups -OCH3 is 1. The highest BCUT2D eigenvalue weighted by Crippen LogP contribution is 2.32. The summed E-state index contributed by atoms with van der Waals surface area (Å²) in [7, 11) is 3.54. The lowest BCUT2D eigenvalue weighted by molar-refractivity contribution is 0.417. The number of benzene rings is 1. The highest BCUT2D eigenvalue weighted by molar-refractivity contribution is 7.13. The Bertz CT molecular complexity index is 767. The molecule has 0 fully saturated rings. The molecule has 5 heteroatoms. The molecule has 0 atom stereocenters. The molecule has 102 valence electrons. The van der Waals surface area contributed by atoms with Gasteiger partial charge >= 0.3 is 0 Å². The van der Waals surface area contributed by atoms with Gasteiger partial charge in [0.05, 0.1) is 17.5 Å². The number of para-hydroxylation sites is 1. The molecule has 0 aliphatic heterocycles. The fraction of sp³-hybridized carbons (Fsp3) is 0.200. The lowest BCUT2D eigenvalue weighted by Crippen LogP contribution is -1.99. The summed E-state index contributed by atoms with van der Waals surface area (Å²) in [6.07, 6.45) is 0. The summed E-state index contributed by atoms with van der Waals surface area (Å²) in [4.78, 5) is 10.3. The molecular formula is C15H15N3OS. The Balaban J connectivity index is 2.24. The van der Waals surface area contributed by atoms with Crippen molar-refractivity contribution in [1.82, 2.24) is 9.97 Å². The summed E-state index contributed by atoms with van der Waals surface area (Å²) in [5.41, 5.74) is 2.13. The smallest absolute Gasteiger partial charge is 0.172 e. The number of anilines is 1. The minimum absolute atomic E-state index is 0.726. The Morgan fingerprint density at radius 2 is 2.10 bits per heavy atom. The second-order valence-electron chi connectivity index (χ2n) is 4.47.